The fraction of sp³-hybridized carbons (Fsp3) is 0.350. The molecule has 0 atom stereocenters. The summed E-state index contributed by atoms with van der Waals surface area (Å²) in [4.78, 5) is 12.6. The van der Waals surface area contributed by atoms with Gasteiger partial charge in [-0.15, -0.1) is 13.2 Å². The molecule has 0 bridgehead atoms. The van der Waals surface area contributed by atoms with Gasteiger partial charge < -0.3 is 4.74 Å². The normalized spacial score (nSPS) is 12.6. The first-order chi connectivity index (χ1) is 12.4. The molecule has 2 aromatic carbocycles. The number of ether oxygens (including phenoxy) is 1. The molecule has 0 radical (unpaired) electrons. The zero-order chi connectivity index (χ0) is 20.0. The largest absolute Gasteiger partial charge is 0.573 e. The van der Waals surface area contributed by atoms with Gasteiger partial charge >= 0.3 is 12.1 Å². The summed E-state index contributed by atoms with van der Waals surface area (Å²) in [5.74, 6) is -0.268. The van der Waals surface area contributed by atoms with E-state index in [0.717, 1.165) is 22.2 Å². The highest BCUT2D eigenvalue weighted by Crippen LogP contribution is 2.29. The smallest absolute Gasteiger partial charge is 0.406 e. The van der Waals surface area contributed by atoms with E-state index in [9.17, 15) is 18.0 Å². The van der Waals surface area contributed by atoms with E-state index in [2.05, 4.69) is 25.5 Å². The Bertz CT molecular complexity index is 1020. The van der Waals surface area contributed by atoms with Crippen LogP contribution in [-0.2, 0) is 13.6 Å². The molecule has 0 aliphatic heterocycles. The number of fused-ring (bicyclic) bond motifs is 1. The van der Waals surface area contributed by atoms with Crippen LogP contribution in [0.25, 0.3) is 22.2 Å². The number of alkyl halides is 3. The monoisotopic (exact) mass is 378 g/mol. The third kappa shape index (κ3) is 4.18. The first kappa shape index (κ1) is 19.1. The van der Waals surface area contributed by atoms with Crippen LogP contribution in [0.4, 0.5) is 13.2 Å². The number of aromatic nitrogens is 2. The van der Waals surface area contributed by atoms with Crippen LogP contribution in [0.1, 0.15) is 20.8 Å². The minimum Gasteiger partial charge on any atom is -0.406 e. The Labute approximate surface area is 154 Å². The van der Waals surface area contributed by atoms with E-state index in [0.29, 0.717) is 6.54 Å². The van der Waals surface area contributed by atoms with Gasteiger partial charge in [0.15, 0.2) is 0 Å². The Hall–Kier alpha value is -2.70. The summed E-state index contributed by atoms with van der Waals surface area (Å²) in [6, 6.07) is 11.3. The van der Waals surface area contributed by atoms with Gasteiger partial charge in [0.25, 0.3) is 0 Å². The first-order valence-electron chi connectivity index (χ1n) is 8.50. The van der Waals surface area contributed by atoms with E-state index in [4.69, 9.17) is 0 Å². The molecule has 3 rings (SSSR count). The van der Waals surface area contributed by atoms with E-state index in [1.54, 1.807) is 28.3 Å². The fourth-order valence-corrected chi connectivity index (χ4v) is 3.06. The van der Waals surface area contributed by atoms with E-state index in [1.807, 2.05) is 18.2 Å². The van der Waals surface area contributed by atoms with Crippen molar-refractivity contribution in [3.63, 3.8) is 0 Å². The van der Waals surface area contributed by atoms with Crippen LogP contribution in [0.2, 0.25) is 0 Å². The van der Waals surface area contributed by atoms with Crippen molar-refractivity contribution in [3.8, 4) is 16.9 Å². The van der Waals surface area contributed by atoms with E-state index in [1.165, 1.54) is 12.1 Å². The molecule has 1 heterocycles. The molecule has 0 fully saturated rings. The highest BCUT2D eigenvalue weighted by atomic mass is 19.4. The van der Waals surface area contributed by atoms with Crippen LogP contribution in [0.5, 0.6) is 5.75 Å². The highest BCUT2D eigenvalue weighted by molar-refractivity contribution is 5.82. The lowest BCUT2D eigenvalue weighted by Gasteiger charge is -2.18. The summed E-state index contributed by atoms with van der Waals surface area (Å²) in [6.07, 6.45) is -4.71. The zero-order valence-corrected chi connectivity index (χ0v) is 15.6. The van der Waals surface area contributed by atoms with Crippen molar-refractivity contribution >= 4 is 11.0 Å². The van der Waals surface area contributed by atoms with Crippen molar-refractivity contribution in [2.45, 2.75) is 33.7 Å². The molecule has 0 amide bonds. The van der Waals surface area contributed by atoms with Gasteiger partial charge in [0.05, 0.1) is 11.0 Å². The molecule has 7 heteroatoms. The van der Waals surface area contributed by atoms with Gasteiger partial charge in [0, 0.05) is 13.6 Å². The van der Waals surface area contributed by atoms with Crippen LogP contribution >= 0.6 is 0 Å². The Morgan fingerprint density at radius 1 is 0.926 bits per heavy atom. The van der Waals surface area contributed by atoms with Crippen molar-refractivity contribution < 1.29 is 17.9 Å². The lowest BCUT2D eigenvalue weighted by molar-refractivity contribution is -0.274. The quantitative estimate of drug-likeness (QED) is 0.646. The zero-order valence-electron chi connectivity index (χ0n) is 15.6. The molecule has 1 aromatic heterocycles. The average Bonchev–Trinajstić information content (AvgIpc) is 2.77. The van der Waals surface area contributed by atoms with Crippen molar-refractivity contribution in [3.05, 3.63) is 52.9 Å². The Balaban J connectivity index is 2.00. The van der Waals surface area contributed by atoms with Gasteiger partial charge in [-0.2, -0.15) is 0 Å². The number of hydrogen-bond acceptors (Lipinski definition) is 2. The Morgan fingerprint density at radius 3 is 2.07 bits per heavy atom. The molecular formula is C20H21F3N2O2. The number of nitrogens with zero attached hydrogens (tertiary/aromatic N) is 2. The summed E-state index contributed by atoms with van der Waals surface area (Å²) in [7, 11) is 1.72. The lowest BCUT2D eigenvalue weighted by Crippen LogP contribution is -2.27. The van der Waals surface area contributed by atoms with Crippen LogP contribution in [0.15, 0.2) is 47.3 Å². The first-order valence-corrected chi connectivity index (χ1v) is 8.50. The van der Waals surface area contributed by atoms with Gasteiger partial charge in [0.2, 0.25) is 0 Å². The molecule has 0 aliphatic carbocycles. The number of aryl methyl sites for hydroxylation is 1. The molecule has 27 heavy (non-hydrogen) atoms. The maximum atomic E-state index is 12.6. The Morgan fingerprint density at radius 2 is 1.52 bits per heavy atom. The number of hydrogen-bond donors (Lipinski definition) is 0. The summed E-state index contributed by atoms with van der Waals surface area (Å²) in [6.45, 7) is 6.79. The molecular weight excluding hydrogens is 357 g/mol. The van der Waals surface area contributed by atoms with Gasteiger partial charge in [0.1, 0.15) is 5.75 Å². The number of halogens is 3. The summed E-state index contributed by atoms with van der Waals surface area (Å²) < 4.78 is 44.1. The second-order valence-electron chi connectivity index (χ2n) is 7.76. The van der Waals surface area contributed by atoms with E-state index < -0.39 is 6.36 Å². The highest BCUT2D eigenvalue weighted by Gasteiger charge is 2.31. The standard InChI is InChI=1S/C20H21F3N2O2/c1-19(2,3)12-25-16-10-7-14(11-17(16)24(4)18(25)26)13-5-8-15(9-6-13)27-20(21,22)23/h5-11H,12H2,1-4H3. The van der Waals surface area contributed by atoms with Crippen molar-refractivity contribution in [1.29, 1.82) is 0 Å². The van der Waals surface area contributed by atoms with Gasteiger partial charge in [-0.1, -0.05) is 39.0 Å². The fourth-order valence-electron chi connectivity index (χ4n) is 3.06. The predicted octanol–water partition coefficient (Wildman–Crippen LogP) is 4.95. The van der Waals surface area contributed by atoms with Crippen LogP contribution < -0.4 is 10.4 Å². The molecule has 0 spiro atoms. The summed E-state index contributed by atoms with van der Waals surface area (Å²) >= 11 is 0. The lowest BCUT2D eigenvalue weighted by atomic mass is 9.97. The molecule has 144 valence electrons. The van der Waals surface area contributed by atoms with Crippen molar-refractivity contribution in [2.24, 2.45) is 12.5 Å². The summed E-state index contributed by atoms with van der Waals surface area (Å²) in [5.41, 5.74) is 3.01. The molecule has 0 saturated heterocycles. The number of rotatable bonds is 3. The average molecular weight is 378 g/mol. The van der Waals surface area contributed by atoms with E-state index >= 15 is 0 Å². The number of benzene rings is 2. The van der Waals surface area contributed by atoms with Gasteiger partial charge in [-0.25, -0.2) is 4.79 Å². The van der Waals surface area contributed by atoms with Crippen LogP contribution in [0, 0.1) is 5.41 Å². The molecule has 3 aromatic rings. The van der Waals surface area contributed by atoms with Crippen molar-refractivity contribution in [2.75, 3.05) is 0 Å². The minimum absolute atomic E-state index is 0.0505. The SMILES string of the molecule is Cn1c(=O)n(CC(C)(C)C)c2ccc(-c3ccc(OC(F)(F)F)cc3)cc21. The third-order valence-corrected chi connectivity index (χ3v) is 4.20. The second-order valence-corrected chi connectivity index (χ2v) is 7.76. The molecule has 0 unspecified atom stereocenters. The number of imidazole rings is 1. The van der Waals surface area contributed by atoms with Gasteiger partial charge in [-0.05, 0) is 40.8 Å². The summed E-state index contributed by atoms with van der Waals surface area (Å²) in [5, 5.41) is 0. The van der Waals surface area contributed by atoms with Crippen LogP contribution in [0.3, 0.4) is 0 Å². The third-order valence-electron chi connectivity index (χ3n) is 4.20. The maximum Gasteiger partial charge on any atom is 0.573 e. The predicted molar refractivity (Wildman–Crippen MR) is 98.8 cm³/mol. The van der Waals surface area contributed by atoms with Crippen LogP contribution in [-0.4, -0.2) is 15.5 Å². The molecule has 0 N–H and O–H groups in total. The molecule has 0 aliphatic rings. The minimum atomic E-state index is -4.71. The molecule has 0 saturated carbocycles. The topological polar surface area (TPSA) is 36.2 Å². The van der Waals surface area contributed by atoms with E-state index in [-0.39, 0.29) is 16.9 Å². The van der Waals surface area contributed by atoms with Crippen molar-refractivity contribution in [1.82, 2.24) is 9.13 Å². The van der Waals surface area contributed by atoms with Gasteiger partial charge in [-0.3, -0.25) is 9.13 Å². The maximum absolute atomic E-state index is 12.6. The molecule has 4 nitrogen and oxygen atoms in total. The Kier molecular flexibility index (Phi) is 4.57. The second kappa shape index (κ2) is 6.48.